The number of carbonyl (C=O) groups excluding carboxylic acids is 1. The molecule has 16 heavy (non-hydrogen) atoms. The number of aldehydes is 1. The van der Waals surface area contributed by atoms with Crippen LogP contribution in [0.25, 0.3) is 10.8 Å². The fourth-order valence-corrected chi connectivity index (χ4v) is 2.79. The third-order valence-corrected chi connectivity index (χ3v) is 4.11. The minimum atomic E-state index is -0.194. The van der Waals surface area contributed by atoms with Gasteiger partial charge in [0.25, 0.3) is 0 Å². The van der Waals surface area contributed by atoms with E-state index in [0.29, 0.717) is 0 Å². The van der Waals surface area contributed by atoms with E-state index < -0.39 is 0 Å². The number of rotatable bonds is 2. The van der Waals surface area contributed by atoms with Gasteiger partial charge in [-0.3, -0.25) is 0 Å². The van der Waals surface area contributed by atoms with Crippen LogP contribution < -0.4 is 0 Å². The lowest BCUT2D eigenvalue weighted by atomic mass is 9.92. The molecular weight excluding hydrogens is 264 g/mol. The Hall–Kier alpha value is -1.15. The largest absolute Gasteiger partial charge is 0.302 e. The molecule has 0 atom stereocenters. The molecule has 3 rings (SSSR count). The average Bonchev–Trinajstić information content (AvgIpc) is 3.10. The summed E-state index contributed by atoms with van der Waals surface area (Å²) in [5.41, 5.74) is 0.988. The normalized spacial score (nSPS) is 17.3. The van der Waals surface area contributed by atoms with Gasteiger partial charge in [-0.15, -0.1) is 0 Å². The van der Waals surface area contributed by atoms with E-state index in [2.05, 4.69) is 34.1 Å². The summed E-state index contributed by atoms with van der Waals surface area (Å²) < 4.78 is 1.09. The molecule has 1 fully saturated rings. The molecule has 2 aromatic carbocycles. The van der Waals surface area contributed by atoms with Crippen molar-refractivity contribution >= 4 is 33.0 Å². The summed E-state index contributed by atoms with van der Waals surface area (Å²) >= 11 is 3.55. The Bertz CT molecular complexity index is 570. The molecule has 0 N–H and O–H groups in total. The molecule has 0 unspecified atom stereocenters. The van der Waals surface area contributed by atoms with Crippen LogP contribution in [0.4, 0.5) is 0 Å². The van der Waals surface area contributed by atoms with E-state index in [1.807, 2.05) is 18.2 Å². The summed E-state index contributed by atoms with van der Waals surface area (Å²) in [7, 11) is 0. The third kappa shape index (κ3) is 1.33. The van der Waals surface area contributed by atoms with Gasteiger partial charge in [0.15, 0.2) is 0 Å². The van der Waals surface area contributed by atoms with E-state index >= 15 is 0 Å². The summed E-state index contributed by atoms with van der Waals surface area (Å²) in [6, 6.07) is 12.4. The van der Waals surface area contributed by atoms with Gasteiger partial charge in [0.1, 0.15) is 6.29 Å². The Balaban J connectivity index is 2.34. The maximum atomic E-state index is 11.2. The standard InChI is InChI=1S/C14H11BrO/c15-13-6-2-3-10-11(13)4-1-5-12(10)14(9-16)7-8-14/h1-6,9H,7-8H2. The van der Waals surface area contributed by atoms with Crippen LogP contribution in [0.3, 0.4) is 0 Å². The molecule has 0 radical (unpaired) electrons. The highest BCUT2D eigenvalue weighted by Gasteiger charge is 2.45. The molecule has 80 valence electrons. The van der Waals surface area contributed by atoms with E-state index in [-0.39, 0.29) is 5.41 Å². The van der Waals surface area contributed by atoms with Crippen LogP contribution in [0.15, 0.2) is 40.9 Å². The van der Waals surface area contributed by atoms with E-state index in [0.717, 1.165) is 23.6 Å². The third-order valence-electron chi connectivity index (χ3n) is 3.42. The zero-order valence-electron chi connectivity index (χ0n) is 8.74. The molecule has 0 aromatic heterocycles. The lowest BCUT2D eigenvalue weighted by Gasteiger charge is -2.12. The quantitative estimate of drug-likeness (QED) is 0.761. The van der Waals surface area contributed by atoms with Gasteiger partial charge in [-0.1, -0.05) is 46.3 Å². The molecule has 1 saturated carbocycles. The lowest BCUT2D eigenvalue weighted by molar-refractivity contribution is -0.109. The first kappa shape index (κ1) is 10.0. The molecule has 0 saturated heterocycles. The topological polar surface area (TPSA) is 17.1 Å². The van der Waals surface area contributed by atoms with Gasteiger partial charge < -0.3 is 4.79 Å². The van der Waals surface area contributed by atoms with E-state index in [1.165, 1.54) is 16.3 Å². The Kier molecular flexibility index (Phi) is 2.15. The van der Waals surface area contributed by atoms with Crippen molar-refractivity contribution in [2.45, 2.75) is 18.3 Å². The predicted octanol–water partition coefficient (Wildman–Crippen LogP) is 3.83. The minimum Gasteiger partial charge on any atom is -0.302 e. The van der Waals surface area contributed by atoms with Crippen LogP contribution in [0.5, 0.6) is 0 Å². The fourth-order valence-electron chi connectivity index (χ4n) is 2.29. The van der Waals surface area contributed by atoms with Crippen LogP contribution in [-0.2, 0) is 10.2 Å². The second-order valence-electron chi connectivity index (χ2n) is 4.41. The number of benzene rings is 2. The Morgan fingerprint density at radius 1 is 1.06 bits per heavy atom. The van der Waals surface area contributed by atoms with Crippen molar-refractivity contribution in [2.75, 3.05) is 0 Å². The van der Waals surface area contributed by atoms with Crippen molar-refractivity contribution in [3.05, 3.63) is 46.4 Å². The number of carbonyl (C=O) groups is 1. The maximum absolute atomic E-state index is 11.2. The van der Waals surface area contributed by atoms with Gasteiger partial charge in [0, 0.05) is 4.47 Å². The first-order chi connectivity index (χ1) is 7.77. The van der Waals surface area contributed by atoms with Gasteiger partial charge in [0.05, 0.1) is 5.41 Å². The van der Waals surface area contributed by atoms with Gasteiger partial charge >= 0.3 is 0 Å². The zero-order valence-corrected chi connectivity index (χ0v) is 10.3. The number of hydrogen-bond donors (Lipinski definition) is 0. The van der Waals surface area contributed by atoms with Gasteiger partial charge in [-0.2, -0.15) is 0 Å². The molecule has 2 heteroatoms. The van der Waals surface area contributed by atoms with E-state index in [9.17, 15) is 4.79 Å². The number of hydrogen-bond acceptors (Lipinski definition) is 1. The molecule has 0 bridgehead atoms. The Morgan fingerprint density at radius 3 is 2.44 bits per heavy atom. The van der Waals surface area contributed by atoms with Crippen LogP contribution in [0.2, 0.25) is 0 Å². The van der Waals surface area contributed by atoms with Gasteiger partial charge in [-0.05, 0) is 35.2 Å². The SMILES string of the molecule is O=CC1(c2cccc3c(Br)cccc23)CC1. The smallest absolute Gasteiger partial charge is 0.130 e. The predicted molar refractivity (Wildman–Crippen MR) is 68.6 cm³/mol. The molecule has 0 spiro atoms. The molecule has 1 nitrogen and oxygen atoms in total. The van der Waals surface area contributed by atoms with E-state index in [1.54, 1.807) is 0 Å². The summed E-state index contributed by atoms with van der Waals surface area (Å²) in [4.78, 5) is 11.2. The fraction of sp³-hybridized carbons (Fsp3) is 0.214. The number of halogens is 1. The van der Waals surface area contributed by atoms with Crippen molar-refractivity contribution in [3.63, 3.8) is 0 Å². The summed E-state index contributed by atoms with van der Waals surface area (Å²) in [5.74, 6) is 0. The summed E-state index contributed by atoms with van der Waals surface area (Å²) in [6.45, 7) is 0. The van der Waals surface area contributed by atoms with Gasteiger partial charge in [0.2, 0.25) is 0 Å². The number of fused-ring (bicyclic) bond motifs is 1. The highest BCUT2D eigenvalue weighted by Crippen LogP contribution is 2.48. The molecule has 0 aliphatic heterocycles. The van der Waals surface area contributed by atoms with Crippen LogP contribution in [0, 0.1) is 0 Å². The first-order valence-electron chi connectivity index (χ1n) is 5.41. The molecule has 0 amide bonds. The second kappa shape index (κ2) is 3.42. The van der Waals surface area contributed by atoms with Crippen molar-refractivity contribution in [2.24, 2.45) is 0 Å². The molecule has 1 aliphatic carbocycles. The van der Waals surface area contributed by atoms with Crippen molar-refractivity contribution in [1.82, 2.24) is 0 Å². The van der Waals surface area contributed by atoms with Crippen LogP contribution in [0.1, 0.15) is 18.4 Å². The molecule has 0 heterocycles. The molecule has 2 aromatic rings. The zero-order chi connectivity index (χ0) is 11.2. The summed E-state index contributed by atoms with van der Waals surface area (Å²) in [5, 5.41) is 2.38. The monoisotopic (exact) mass is 274 g/mol. The van der Waals surface area contributed by atoms with Crippen molar-refractivity contribution in [1.29, 1.82) is 0 Å². The highest BCUT2D eigenvalue weighted by atomic mass is 79.9. The lowest BCUT2D eigenvalue weighted by Crippen LogP contribution is -2.08. The van der Waals surface area contributed by atoms with Crippen molar-refractivity contribution < 1.29 is 4.79 Å². The molecular formula is C14H11BrO. The minimum absolute atomic E-state index is 0.194. The van der Waals surface area contributed by atoms with E-state index in [4.69, 9.17) is 0 Å². The Labute approximate surface area is 103 Å². The summed E-state index contributed by atoms with van der Waals surface area (Å²) in [6.07, 6.45) is 3.09. The Morgan fingerprint density at radius 2 is 1.75 bits per heavy atom. The van der Waals surface area contributed by atoms with Crippen LogP contribution >= 0.6 is 15.9 Å². The second-order valence-corrected chi connectivity index (χ2v) is 5.27. The maximum Gasteiger partial charge on any atom is 0.130 e. The van der Waals surface area contributed by atoms with Crippen molar-refractivity contribution in [3.8, 4) is 0 Å². The van der Waals surface area contributed by atoms with Gasteiger partial charge in [-0.25, -0.2) is 0 Å². The molecule has 1 aliphatic rings. The van der Waals surface area contributed by atoms with Crippen LogP contribution in [-0.4, -0.2) is 6.29 Å². The first-order valence-corrected chi connectivity index (χ1v) is 6.20. The highest BCUT2D eigenvalue weighted by molar-refractivity contribution is 9.10. The average molecular weight is 275 g/mol.